The summed E-state index contributed by atoms with van der Waals surface area (Å²) < 4.78 is 54.0. The fourth-order valence-electron chi connectivity index (χ4n) is 2.55. The Hall–Kier alpha value is -1.52. The third kappa shape index (κ3) is 4.48. The zero-order chi connectivity index (χ0) is 15.5. The molecule has 2 rings (SSSR count). The summed E-state index contributed by atoms with van der Waals surface area (Å²) in [5.41, 5.74) is 2.61. The van der Waals surface area contributed by atoms with Crippen molar-refractivity contribution < 1.29 is 22.3 Å². The van der Waals surface area contributed by atoms with Crippen molar-refractivity contribution in [2.75, 3.05) is 0 Å². The van der Waals surface area contributed by atoms with E-state index in [9.17, 15) is 17.6 Å². The van der Waals surface area contributed by atoms with Gasteiger partial charge in [0.15, 0.2) is 11.6 Å². The highest BCUT2D eigenvalue weighted by Crippen LogP contribution is 2.33. The van der Waals surface area contributed by atoms with Gasteiger partial charge in [0.1, 0.15) is 0 Å². The maximum Gasteiger partial charge on any atom is 0.573 e. The van der Waals surface area contributed by atoms with Gasteiger partial charge >= 0.3 is 6.36 Å². The Kier molecular flexibility index (Phi) is 4.91. The number of allylic oxidation sites excluding steroid dienone is 1. The van der Waals surface area contributed by atoms with E-state index in [-0.39, 0.29) is 0 Å². The number of unbranched alkanes of at least 4 members (excludes halogenated alkanes) is 2. The first-order valence-electron chi connectivity index (χ1n) is 7.16. The summed E-state index contributed by atoms with van der Waals surface area (Å²) in [6.07, 6.45) is 2.81. The fourth-order valence-corrected chi connectivity index (χ4v) is 2.55. The van der Waals surface area contributed by atoms with Crippen LogP contribution in [0.2, 0.25) is 0 Å². The fraction of sp³-hybridized carbons (Fsp3) is 0.500. The number of benzene rings is 1. The van der Waals surface area contributed by atoms with Crippen LogP contribution in [-0.4, -0.2) is 6.36 Å². The molecule has 0 N–H and O–H groups in total. The molecule has 1 aromatic rings. The van der Waals surface area contributed by atoms with Crippen LogP contribution in [0.5, 0.6) is 5.75 Å². The van der Waals surface area contributed by atoms with Gasteiger partial charge in [-0.25, -0.2) is 4.39 Å². The molecule has 0 bridgehead atoms. The molecule has 0 unspecified atom stereocenters. The van der Waals surface area contributed by atoms with Crippen LogP contribution in [0.25, 0.3) is 6.08 Å². The van der Waals surface area contributed by atoms with E-state index in [2.05, 4.69) is 11.7 Å². The highest BCUT2D eigenvalue weighted by Gasteiger charge is 2.32. The molecule has 0 saturated heterocycles. The Bertz CT molecular complexity index is 532. The molecular formula is C16H18F4O. The average Bonchev–Trinajstić information content (AvgIpc) is 2.38. The summed E-state index contributed by atoms with van der Waals surface area (Å²) in [6.45, 7) is 2.13. The van der Waals surface area contributed by atoms with Crippen LogP contribution in [-0.2, 0) is 6.42 Å². The molecule has 0 aliphatic heterocycles. The van der Waals surface area contributed by atoms with Crippen molar-refractivity contribution in [2.45, 2.75) is 51.8 Å². The monoisotopic (exact) mass is 302 g/mol. The first-order valence-corrected chi connectivity index (χ1v) is 7.16. The van der Waals surface area contributed by atoms with Crippen molar-refractivity contribution in [1.82, 2.24) is 0 Å². The molecule has 1 nitrogen and oxygen atoms in total. The minimum Gasteiger partial charge on any atom is -0.403 e. The SMILES string of the molecule is CCCCCC1=Cc2cc(F)c(OC(F)(F)F)cc2CC1. The predicted octanol–water partition coefficient (Wildman–Crippen LogP) is 5.63. The quantitative estimate of drug-likeness (QED) is 0.505. The Labute approximate surface area is 121 Å². The van der Waals surface area contributed by atoms with Gasteiger partial charge < -0.3 is 4.74 Å². The summed E-state index contributed by atoms with van der Waals surface area (Å²) >= 11 is 0. The zero-order valence-corrected chi connectivity index (χ0v) is 11.9. The van der Waals surface area contributed by atoms with Gasteiger partial charge in [0.05, 0.1) is 0 Å². The first-order chi connectivity index (χ1) is 9.89. The van der Waals surface area contributed by atoms with Crippen LogP contribution in [0.15, 0.2) is 17.7 Å². The van der Waals surface area contributed by atoms with Crippen molar-refractivity contribution in [1.29, 1.82) is 0 Å². The van der Waals surface area contributed by atoms with E-state index >= 15 is 0 Å². The van der Waals surface area contributed by atoms with Crippen LogP contribution in [0.1, 0.15) is 50.2 Å². The summed E-state index contributed by atoms with van der Waals surface area (Å²) in [5.74, 6) is -1.72. The molecule has 5 heteroatoms. The second kappa shape index (κ2) is 6.50. The minimum absolute atomic E-state index is 0.627. The van der Waals surface area contributed by atoms with E-state index in [1.165, 1.54) is 5.57 Å². The van der Waals surface area contributed by atoms with Gasteiger partial charge in [-0.1, -0.05) is 31.4 Å². The van der Waals surface area contributed by atoms with Gasteiger partial charge in [0.2, 0.25) is 0 Å². The first kappa shape index (κ1) is 15.9. The Morgan fingerprint density at radius 1 is 1.14 bits per heavy atom. The van der Waals surface area contributed by atoms with Crippen LogP contribution in [0.3, 0.4) is 0 Å². The van der Waals surface area contributed by atoms with E-state index in [0.29, 0.717) is 17.5 Å². The number of aryl methyl sites for hydroxylation is 1. The number of rotatable bonds is 5. The van der Waals surface area contributed by atoms with Crippen molar-refractivity contribution in [3.8, 4) is 5.75 Å². The van der Waals surface area contributed by atoms with Crippen molar-refractivity contribution in [3.05, 3.63) is 34.6 Å². The number of fused-ring (bicyclic) bond motifs is 1. The maximum absolute atomic E-state index is 13.7. The van der Waals surface area contributed by atoms with Gasteiger partial charge in [-0.05, 0) is 48.9 Å². The smallest absolute Gasteiger partial charge is 0.403 e. The molecule has 1 aliphatic rings. The van der Waals surface area contributed by atoms with Crippen LogP contribution in [0.4, 0.5) is 17.6 Å². The minimum atomic E-state index is -4.87. The van der Waals surface area contributed by atoms with Gasteiger partial charge in [-0.3, -0.25) is 0 Å². The highest BCUT2D eigenvalue weighted by molar-refractivity contribution is 5.61. The summed E-state index contributed by atoms with van der Waals surface area (Å²) in [5, 5.41) is 0. The molecule has 0 heterocycles. The molecule has 0 aromatic heterocycles. The Morgan fingerprint density at radius 2 is 1.90 bits per heavy atom. The molecule has 0 radical (unpaired) electrons. The lowest BCUT2D eigenvalue weighted by molar-refractivity contribution is -0.275. The molecular weight excluding hydrogens is 284 g/mol. The number of hydrogen-bond donors (Lipinski definition) is 0. The number of alkyl halides is 3. The standard InChI is InChI=1S/C16H18F4O/c1-2-3-4-5-11-6-7-12-10-15(21-16(18,19)20)14(17)9-13(12)8-11/h8-10H,2-7H2,1H3. The largest absolute Gasteiger partial charge is 0.573 e. The summed E-state index contributed by atoms with van der Waals surface area (Å²) in [6, 6.07) is 2.30. The van der Waals surface area contributed by atoms with Crippen molar-refractivity contribution in [2.24, 2.45) is 0 Å². The van der Waals surface area contributed by atoms with Crippen LogP contribution >= 0.6 is 0 Å². The molecule has 0 saturated carbocycles. The van der Waals surface area contributed by atoms with E-state index in [0.717, 1.165) is 44.2 Å². The normalized spacial score (nSPS) is 14.6. The second-order valence-electron chi connectivity index (χ2n) is 5.29. The van der Waals surface area contributed by atoms with E-state index < -0.39 is 17.9 Å². The molecule has 116 valence electrons. The maximum atomic E-state index is 13.7. The lowest BCUT2D eigenvalue weighted by Crippen LogP contribution is -2.18. The third-order valence-electron chi connectivity index (χ3n) is 3.60. The average molecular weight is 302 g/mol. The number of halogens is 4. The summed E-state index contributed by atoms with van der Waals surface area (Å²) in [7, 11) is 0. The topological polar surface area (TPSA) is 9.23 Å². The third-order valence-corrected chi connectivity index (χ3v) is 3.60. The molecule has 0 amide bonds. The van der Waals surface area contributed by atoms with Crippen molar-refractivity contribution in [3.63, 3.8) is 0 Å². The van der Waals surface area contributed by atoms with E-state index in [4.69, 9.17) is 0 Å². The van der Waals surface area contributed by atoms with Crippen molar-refractivity contribution >= 4 is 6.08 Å². The molecule has 0 fully saturated rings. The molecule has 0 spiro atoms. The van der Waals surface area contributed by atoms with Gasteiger partial charge in [-0.15, -0.1) is 13.2 Å². The lowest BCUT2D eigenvalue weighted by Gasteiger charge is -2.18. The van der Waals surface area contributed by atoms with Gasteiger partial charge in [0.25, 0.3) is 0 Å². The number of hydrogen-bond acceptors (Lipinski definition) is 1. The number of ether oxygens (including phenoxy) is 1. The molecule has 21 heavy (non-hydrogen) atoms. The summed E-state index contributed by atoms with van der Waals surface area (Å²) in [4.78, 5) is 0. The van der Waals surface area contributed by atoms with Gasteiger partial charge in [0, 0.05) is 0 Å². The molecule has 1 aliphatic carbocycles. The van der Waals surface area contributed by atoms with Crippen LogP contribution < -0.4 is 4.74 Å². The van der Waals surface area contributed by atoms with E-state index in [1.807, 2.05) is 6.08 Å². The molecule has 1 aromatic carbocycles. The Morgan fingerprint density at radius 3 is 2.57 bits per heavy atom. The lowest BCUT2D eigenvalue weighted by atomic mass is 9.89. The predicted molar refractivity (Wildman–Crippen MR) is 73.5 cm³/mol. The molecule has 0 atom stereocenters. The second-order valence-corrected chi connectivity index (χ2v) is 5.29. The van der Waals surface area contributed by atoms with Gasteiger partial charge in [-0.2, -0.15) is 0 Å². The zero-order valence-electron chi connectivity index (χ0n) is 11.9. The van der Waals surface area contributed by atoms with Crippen LogP contribution in [0, 0.1) is 5.82 Å². The highest BCUT2D eigenvalue weighted by atomic mass is 19.4. The Balaban J connectivity index is 2.17. The van der Waals surface area contributed by atoms with E-state index in [1.54, 1.807) is 0 Å².